The zero-order valence-electron chi connectivity index (χ0n) is 11.0. The molecule has 3 nitrogen and oxygen atoms in total. The van der Waals surface area contributed by atoms with Crippen LogP contribution in [0.2, 0.25) is 5.02 Å². The fraction of sp³-hybridized carbons (Fsp3) is 0.133. The summed E-state index contributed by atoms with van der Waals surface area (Å²) in [6.07, 6.45) is 0. The molecule has 1 N–H and O–H groups in total. The first-order chi connectivity index (χ1) is 9.51. The molecule has 2 aromatic carbocycles. The van der Waals surface area contributed by atoms with Crippen LogP contribution in [0.15, 0.2) is 36.4 Å². The lowest BCUT2D eigenvalue weighted by atomic mass is 10.1. The lowest BCUT2D eigenvalue weighted by Gasteiger charge is -2.11. The van der Waals surface area contributed by atoms with Crippen molar-refractivity contribution >= 4 is 23.2 Å². The molecule has 20 heavy (non-hydrogen) atoms. The molecule has 0 aliphatic carbocycles. The number of benzene rings is 2. The van der Waals surface area contributed by atoms with Gasteiger partial charge in [0.2, 0.25) is 0 Å². The van der Waals surface area contributed by atoms with E-state index in [2.05, 4.69) is 5.32 Å². The average molecular weight is 294 g/mol. The third-order valence-electron chi connectivity index (χ3n) is 2.84. The van der Waals surface area contributed by atoms with Crippen molar-refractivity contribution in [1.82, 2.24) is 0 Å². The Morgan fingerprint density at radius 3 is 2.65 bits per heavy atom. The number of ether oxygens (including phenoxy) is 1. The molecule has 0 unspecified atom stereocenters. The number of hydrogen-bond acceptors (Lipinski definition) is 2. The summed E-state index contributed by atoms with van der Waals surface area (Å²) in [5.41, 5.74) is 1.16. The first-order valence-electron chi connectivity index (χ1n) is 5.92. The van der Waals surface area contributed by atoms with Crippen molar-refractivity contribution in [1.29, 1.82) is 0 Å². The number of nitrogens with one attached hydrogen (secondary N) is 1. The number of anilines is 1. The van der Waals surface area contributed by atoms with Gasteiger partial charge in [0.05, 0.1) is 12.8 Å². The van der Waals surface area contributed by atoms with Crippen LogP contribution < -0.4 is 10.1 Å². The van der Waals surface area contributed by atoms with Crippen molar-refractivity contribution in [2.45, 2.75) is 6.92 Å². The summed E-state index contributed by atoms with van der Waals surface area (Å²) in [6, 6.07) is 9.18. The summed E-state index contributed by atoms with van der Waals surface area (Å²) >= 11 is 5.88. The van der Waals surface area contributed by atoms with Crippen LogP contribution in [0.25, 0.3) is 0 Å². The second-order valence-electron chi connectivity index (χ2n) is 4.26. The Balaban J connectivity index is 2.27. The van der Waals surface area contributed by atoms with Crippen LogP contribution in [0, 0.1) is 12.7 Å². The minimum atomic E-state index is -0.426. The predicted molar refractivity (Wildman–Crippen MR) is 77.1 cm³/mol. The molecule has 0 atom stereocenters. The molecule has 0 bridgehead atoms. The monoisotopic (exact) mass is 293 g/mol. The van der Waals surface area contributed by atoms with Gasteiger partial charge in [-0.05, 0) is 42.8 Å². The smallest absolute Gasteiger partial charge is 0.255 e. The Labute approximate surface area is 121 Å². The summed E-state index contributed by atoms with van der Waals surface area (Å²) < 4.78 is 18.6. The maximum atomic E-state index is 13.5. The van der Waals surface area contributed by atoms with E-state index in [0.29, 0.717) is 22.0 Å². The lowest BCUT2D eigenvalue weighted by Crippen LogP contribution is -2.13. The third kappa shape index (κ3) is 3.08. The Hall–Kier alpha value is -2.07. The molecule has 1 amide bonds. The predicted octanol–water partition coefficient (Wildman–Crippen LogP) is 4.05. The lowest BCUT2D eigenvalue weighted by molar-refractivity contribution is 0.102. The molecule has 104 valence electrons. The van der Waals surface area contributed by atoms with Gasteiger partial charge >= 0.3 is 0 Å². The average Bonchev–Trinajstić information content (AvgIpc) is 2.42. The van der Waals surface area contributed by atoms with Crippen LogP contribution in [0.4, 0.5) is 10.1 Å². The maximum Gasteiger partial charge on any atom is 0.255 e. The van der Waals surface area contributed by atoms with Crippen molar-refractivity contribution in [3.63, 3.8) is 0 Å². The van der Waals surface area contributed by atoms with E-state index in [4.69, 9.17) is 16.3 Å². The highest BCUT2D eigenvalue weighted by atomic mass is 35.5. The highest BCUT2D eigenvalue weighted by Crippen LogP contribution is 2.28. The molecule has 5 heteroatoms. The van der Waals surface area contributed by atoms with Gasteiger partial charge in [-0.15, -0.1) is 0 Å². The third-order valence-corrected chi connectivity index (χ3v) is 3.08. The van der Waals surface area contributed by atoms with E-state index >= 15 is 0 Å². The first kappa shape index (κ1) is 14.3. The van der Waals surface area contributed by atoms with Gasteiger partial charge in [-0.2, -0.15) is 0 Å². The van der Waals surface area contributed by atoms with Gasteiger partial charge in [0.25, 0.3) is 5.91 Å². The molecule has 0 saturated carbocycles. The minimum absolute atomic E-state index is 0.232. The van der Waals surface area contributed by atoms with Gasteiger partial charge in [-0.3, -0.25) is 4.79 Å². The van der Waals surface area contributed by atoms with Crippen molar-refractivity contribution < 1.29 is 13.9 Å². The summed E-state index contributed by atoms with van der Waals surface area (Å²) in [6.45, 7) is 1.64. The van der Waals surface area contributed by atoms with E-state index < -0.39 is 11.7 Å². The second-order valence-corrected chi connectivity index (χ2v) is 4.70. The molecule has 0 radical (unpaired) electrons. The number of carbonyl (C=O) groups is 1. The summed E-state index contributed by atoms with van der Waals surface area (Å²) in [7, 11) is 1.49. The van der Waals surface area contributed by atoms with Crippen LogP contribution in [0.3, 0.4) is 0 Å². The molecule has 2 rings (SSSR count). The van der Waals surface area contributed by atoms with Crippen molar-refractivity contribution in [3.8, 4) is 5.75 Å². The van der Waals surface area contributed by atoms with Crippen molar-refractivity contribution in [2.24, 2.45) is 0 Å². The van der Waals surface area contributed by atoms with Gasteiger partial charge in [0, 0.05) is 10.6 Å². The van der Waals surface area contributed by atoms with Crippen LogP contribution in [0.5, 0.6) is 5.75 Å². The Morgan fingerprint density at radius 1 is 1.25 bits per heavy atom. The number of carbonyl (C=O) groups excluding carboxylic acids is 1. The topological polar surface area (TPSA) is 38.3 Å². The maximum absolute atomic E-state index is 13.5. The van der Waals surface area contributed by atoms with Crippen LogP contribution in [0.1, 0.15) is 15.9 Å². The SMILES string of the molecule is COc1ccc(Cl)cc1NC(=O)c1ccc(C)c(F)c1. The van der Waals surface area contributed by atoms with Crippen LogP contribution in [-0.2, 0) is 0 Å². The van der Waals surface area contributed by atoms with E-state index in [1.54, 1.807) is 37.3 Å². The van der Waals surface area contributed by atoms with E-state index in [9.17, 15) is 9.18 Å². The Kier molecular flexibility index (Phi) is 4.25. The molecular formula is C15H13ClFNO2. The van der Waals surface area contributed by atoms with E-state index in [1.807, 2.05) is 0 Å². The number of amides is 1. The highest BCUT2D eigenvalue weighted by Gasteiger charge is 2.11. The molecule has 0 aliphatic heterocycles. The zero-order valence-corrected chi connectivity index (χ0v) is 11.8. The first-order valence-corrected chi connectivity index (χ1v) is 6.30. The Bertz CT molecular complexity index is 658. The summed E-state index contributed by atoms with van der Waals surface area (Å²) in [5.74, 6) is -0.365. The molecule has 0 heterocycles. The minimum Gasteiger partial charge on any atom is -0.495 e. The molecule has 0 aromatic heterocycles. The number of aryl methyl sites for hydroxylation is 1. The highest BCUT2D eigenvalue weighted by molar-refractivity contribution is 6.31. The van der Waals surface area contributed by atoms with Gasteiger partial charge in [0.15, 0.2) is 0 Å². The van der Waals surface area contributed by atoms with Crippen molar-refractivity contribution in [3.05, 3.63) is 58.4 Å². The standard InChI is InChI=1S/C15H13ClFNO2/c1-9-3-4-10(7-12(9)17)15(19)18-13-8-11(16)5-6-14(13)20-2/h3-8H,1-2H3,(H,18,19). The molecule has 2 aromatic rings. The largest absolute Gasteiger partial charge is 0.495 e. The Morgan fingerprint density at radius 2 is 2.00 bits per heavy atom. The molecular weight excluding hydrogens is 281 g/mol. The van der Waals surface area contributed by atoms with Gasteiger partial charge < -0.3 is 10.1 Å². The number of halogens is 2. The quantitative estimate of drug-likeness (QED) is 0.927. The van der Waals surface area contributed by atoms with Gasteiger partial charge in [0.1, 0.15) is 11.6 Å². The molecule has 0 aliphatic rings. The van der Waals surface area contributed by atoms with Crippen LogP contribution in [-0.4, -0.2) is 13.0 Å². The number of hydrogen-bond donors (Lipinski definition) is 1. The van der Waals surface area contributed by atoms with E-state index in [0.717, 1.165) is 0 Å². The van der Waals surface area contributed by atoms with Gasteiger partial charge in [-0.25, -0.2) is 4.39 Å². The zero-order chi connectivity index (χ0) is 14.7. The van der Waals surface area contributed by atoms with E-state index in [-0.39, 0.29) is 5.56 Å². The normalized spacial score (nSPS) is 10.2. The fourth-order valence-corrected chi connectivity index (χ4v) is 1.88. The summed E-state index contributed by atoms with van der Waals surface area (Å²) in [4.78, 5) is 12.1. The number of methoxy groups -OCH3 is 1. The van der Waals surface area contributed by atoms with E-state index in [1.165, 1.54) is 13.2 Å². The fourth-order valence-electron chi connectivity index (χ4n) is 1.71. The molecule has 0 saturated heterocycles. The second kappa shape index (κ2) is 5.92. The number of rotatable bonds is 3. The molecule has 0 fully saturated rings. The van der Waals surface area contributed by atoms with Crippen molar-refractivity contribution in [2.75, 3.05) is 12.4 Å². The van der Waals surface area contributed by atoms with Crippen LogP contribution >= 0.6 is 11.6 Å². The van der Waals surface area contributed by atoms with Gasteiger partial charge in [-0.1, -0.05) is 17.7 Å². The molecule has 0 spiro atoms. The summed E-state index contributed by atoms with van der Waals surface area (Å²) in [5, 5.41) is 3.12.